The van der Waals surface area contributed by atoms with Crippen molar-refractivity contribution >= 4 is 22.6 Å². The second kappa shape index (κ2) is 9.04. The van der Waals surface area contributed by atoms with Gasteiger partial charge in [0.1, 0.15) is 0 Å². The number of carbonyl (C=O) groups excluding carboxylic acids is 2. The van der Waals surface area contributed by atoms with Gasteiger partial charge in [-0.25, -0.2) is 4.68 Å². The fourth-order valence-electron chi connectivity index (χ4n) is 3.58. The molecule has 1 aliphatic rings. The van der Waals surface area contributed by atoms with Gasteiger partial charge in [0.25, 0.3) is 5.91 Å². The number of nitrogens with zero attached hydrogens (tertiary/aromatic N) is 5. The Kier molecular flexibility index (Phi) is 6.04. The van der Waals surface area contributed by atoms with Gasteiger partial charge in [0.2, 0.25) is 5.91 Å². The third-order valence-electron chi connectivity index (χ3n) is 5.39. The minimum absolute atomic E-state index is 0.0425. The van der Waals surface area contributed by atoms with E-state index in [2.05, 4.69) is 26.6 Å². The zero-order chi connectivity index (χ0) is 20.9. The van der Waals surface area contributed by atoms with Crippen molar-refractivity contribution in [3.05, 3.63) is 59.9 Å². The van der Waals surface area contributed by atoms with Gasteiger partial charge in [0.05, 0.1) is 19.2 Å². The molecule has 0 spiro atoms. The molecule has 4 rings (SSSR count). The largest absolute Gasteiger partial charge is 0.354 e. The molecule has 1 aliphatic heterocycles. The van der Waals surface area contributed by atoms with Crippen LogP contribution in [-0.2, 0) is 17.8 Å². The summed E-state index contributed by atoms with van der Waals surface area (Å²) in [5, 5.41) is 13.2. The van der Waals surface area contributed by atoms with Crippen LogP contribution in [0.15, 0.2) is 48.7 Å². The van der Waals surface area contributed by atoms with Crippen LogP contribution >= 0.6 is 0 Å². The number of rotatable bonds is 6. The van der Waals surface area contributed by atoms with Gasteiger partial charge < -0.3 is 15.1 Å². The van der Waals surface area contributed by atoms with Gasteiger partial charge in [-0.3, -0.25) is 9.59 Å². The average Bonchev–Trinajstić information content (AvgIpc) is 3.22. The van der Waals surface area contributed by atoms with Crippen molar-refractivity contribution in [3.63, 3.8) is 0 Å². The second-order valence-corrected chi connectivity index (χ2v) is 7.67. The Labute approximate surface area is 175 Å². The lowest BCUT2D eigenvalue weighted by atomic mass is 10.1. The quantitative estimate of drug-likeness (QED) is 0.665. The lowest BCUT2D eigenvalue weighted by Crippen LogP contribution is -2.47. The molecule has 0 aliphatic carbocycles. The third-order valence-corrected chi connectivity index (χ3v) is 5.39. The number of piperazine rings is 1. The number of carbonyl (C=O) groups is 2. The van der Waals surface area contributed by atoms with E-state index in [1.54, 1.807) is 15.8 Å². The molecule has 2 aromatic carbocycles. The van der Waals surface area contributed by atoms with E-state index in [1.165, 1.54) is 0 Å². The minimum Gasteiger partial charge on any atom is -0.354 e. The normalized spacial score (nSPS) is 14.8. The highest BCUT2D eigenvalue weighted by Gasteiger charge is 2.22. The van der Waals surface area contributed by atoms with Gasteiger partial charge in [-0.05, 0) is 23.4 Å². The van der Waals surface area contributed by atoms with Crippen molar-refractivity contribution in [1.82, 2.24) is 30.1 Å². The summed E-state index contributed by atoms with van der Waals surface area (Å²) in [4.78, 5) is 28.8. The molecular formula is C22H26N6O2. The van der Waals surface area contributed by atoms with E-state index in [-0.39, 0.29) is 11.8 Å². The van der Waals surface area contributed by atoms with Crippen LogP contribution in [0.25, 0.3) is 10.8 Å². The van der Waals surface area contributed by atoms with Crippen molar-refractivity contribution in [2.24, 2.45) is 0 Å². The van der Waals surface area contributed by atoms with E-state index in [0.717, 1.165) is 29.4 Å². The molecule has 8 nitrogen and oxygen atoms in total. The van der Waals surface area contributed by atoms with Crippen molar-refractivity contribution in [3.8, 4) is 0 Å². The van der Waals surface area contributed by atoms with E-state index in [1.807, 2.05) is 43.4 Å². The SMILES string of the molecule is CN1CCN(C(=O)c2cn(CCNC(=O)Cc3ccc4ccccc4c3)nn2)CC1. The van der Waals surface area contributed by atoms with Crippen LogP contribution in [0.4, 0.5) is 0 Å². The number of nitrogens with one attached hydrogen (secondary N) is 1. The van der Waals surface area contributed by atoms with Crippen LogP contribution in [0.5, 0.6) is 0 Å². The molecule has 156 valence electrons. The number of fused-ring (bicyclic) bond motifs is 1. The highest BCUT2D eigenvalue weighted by molar-refractivity contribution is 5.92. The number of aromatic nitrogens is 3. The van der Waals surface area contributed by atoms with Crippen LogP contribution < -0.4 is 5.32 Å². The Hall–Kier alpha value is -3.26. The first-order valence-corrected chi connectivity index (χ1v) is 10.2. The van der Waals surface area contributed by atoms with E-state index >= 15 is 0 Å². The van der Waals surface area contributed by atoms with Crippen molar-refractivity contribution < 1.29 is 9.59 Å². The number of hydrogen-bond acceptors (Lipinski definition) is 5. The molecular weight excluding hydrogens is 380 g/mol. The van der Waals surface area contributed by atoms with Crippen LogP contribution in [0.1, 0.15) is 16.1 Å². The topological polar surface area (TPSA) is 83.4 Å². The number of benzene rings is 2. The molecule has 0 bridgehead atoms. The molecule has 1 saturated heterocycles. The molecule has 30 heavy (non-hydrogen) atoms. The van der Waals surface area contributed by atoms with Crippen LogP contribution in [0.3, 0.4) is 0 Å². The molecule has 2 amide bonds. The van der Waals surface area contributed by atoms with Gasteiger partial charge in [0.15, 0.2) is 5.69 Å². The maximum Gasteiger partial charge on any atom is 0.276 e. The lowest BCUT2D eigenvalue weighted by Gasteiger charge is -2.31. The Morgan fingerprint density at radius 1 is 1.03 bits per heavy atom. The summed E-state index contributed by atoms with van der Waals surface area (Å²) in [6.07, 6.45) is 1.98. The molecule has 8 heteroatoms. The zero-order valence-corrected chi connectivity index (χ0v) is 17.1. The van der Waals surface area contributed by atoms with E-state index < -0.39 is 0 Å². The Bertz CT molecular complexity index is 1040. The third kappa shape index (κ3) is 4.83. The molecule has 1 N–H and O–H groups in total. The predicted octanol–water partition coefficient (Wildman–Crippen LogP) is 1.18. The highest BCUT2D eigenvalue weighted by Crippen LogP contribution is 2.15. The van der Waals surface area contributed by atoms with Crippen LogP contribution in [0, 0.1) is 0 Å². The summed E-state index contributed by atoms with van der Waals surface area (Å²) in [6, 6.07) is 14.2. The number of amides is 2. The van der Waals surface area contributed by atoms with Crippen molar-refractivity contribution in [2.75, 3.05) is 39.8 Å². The second-order valence-electron chi connectivity index (χ2n) is 7.67. The molecule has 0 unspecified atom stereocenters. The van der Waals surface area contributed by atoms with E-state index in [9.17, 15) is 9.59 Å². The predicted molar refractivity (Wildman–Crippen MR) is 114 cm³/mol. The Morgan fingerprint density at radius 3 is 2.60 bits per heavy atom. The summed E-state index contributed by atoms with van der Waals surface area (Å²) in [7, 11) is 2.05. The average molecular weight is 406 g/mol. The number of likely N-dealkylation sites (N-methyl/N-ethyl adjacent to an activating group) is 1. The first kappa shape index (κ1) is 20.0. The van der Waals surface area contributed by atoms with Crippen LogP contribution in [0.2, 0.25) is 0 Å². The molecule has 0 atom stereocenters. The minimum atomic E-state index is -0.0883. The van der Waals surface area contributed by atoms with Gasteiger partial charge in [0, 0.05) is 32.7 Å². The van der Waals surface area contributed by atoms with Gasteiger partial charge in [-0.1, -0.05) is 47.7 Å². The lowest BCUT2D eigenvalue weighted by molar-refractivity contribution is -0.120. The summed E-state index contributed by atoms with van der Waals surface area (Å²) in [6.45, 7) is 4.02. The monoisotopic (exact) mass is 406 g/mol. The first-order chi connectivity index (χ1) is 14.6. The first-order valence-electron chi connectivity index (χ1n) is 10.2. The fraction of sp³-hybridized carbons (Fsp3) is 0.364. The van der Waals surface area contributed by atoms with E-state index in [4.69, 9.17) is 0 Å². The van der Waals surface area contributed by atoms with Gasteiger partial charge in [-0.15, -0.1) is 5.10 Å². The maximum atomic E-state index is 12.5. The van der Waals surface area contributed by atoms with Crippen LogP contribution in [-0.4, -0.2) is 76.4 Å². The Balaban J connectivity index is 1.25. The summed E-state index contributed by atoms with van der Waals surface area (Å²) < 4.78 is 1.60. The molecule has 2 heterocycles. The molecule has 1 fully saturated rings. The highest BCUT2D eigenvalue weighted by atomic mass is 16.2. The van der Waals surface area contributed by atoms with E-state index in [0.29, 0.717) is 38.3 Å². The van der Waals surface area contributed by atoms with Crippen molar-refractivity contribution in [1.29, 1.82) is 0 Å². The standard InChI is InChI=1S/C22H26N6O2/c1-26-10-12-27(13-11-26)22(30)20-16-28(25-24-20)9-8-23-21(29)15-17-6-7-18-4-2-3-5-19(18)14-17/h2-7,14,16H,8-13,15H2,1H3,(H,23,29). The summed E-state index contributed by atoms with van der Waals surface area (Å²) in [5.41, 5.74) is 1.33. The molecule has 1 aromatic heterocycles. The molecule has 3 aromatic rings. The van der Waals surface area contributed by atoms with Gasteiger partial charge in [-0.2, -0.15) is 0 Å². The molecule has 0 radical (unpaired) electrons. The van der Waals surface area contributed by atoms with Gasteiger partial charge >= 0.3 is 0 Å². The molecule has 0 saturated carbocycles. The zero-order valence-electron chi connectivity index (χ0n) is 17.1. The fourth-order valence-corrected chi connectivity index (χ4v) is 3.58. The smallest absolute Gasteiger partial charge is 0.276 e. The maximum absolute atomic E-state index is 12.5. The number of hydrogen-bond donors (Lipinski definition) is 1. The summed E-state index contributed by atoms with van der Waals surface area (Å²) >= 11 is 0. The Morgan fingerprint density at radius 2 is 1.80 bits per heavy atom. The van der Waals surface area contributed by atoms with Crippen molar-refractivity contribution in [2.45, 2.75) is 13.0 Å². The summed E-state index contributed by atoms with van der Waals surface area (Å²) in [5.74, 6) is -0.131.